The zero-order valence-electron chi connectivity index (χ0n) is 8.28. The van der Waals surface area contributed by atoms with E-state index in [0.717, 1.165) is 18.0 Å². The number of hydrogen-bond donors (Lipinski definition) is 0. The minimum atomic E-state index is -0.554. The summed E-state index contributed by atoms with van der Waals surface area (Å²) >= 11 is 6.68. The van der Waals surface area contributed by atoms with Crippen molar-refractivity contribution >= 4 is 29.1 Å². The van der Waals surface area contributed by atoms with Gasteiger partial charge in [-0.05, 0) is 35.5 Å². The summed E-state index contributed by atoms with van der Waals surface area (Å²) in [6.07, 6.45) is 2.68. The van der Waals surface area contributed by atoms with Crippen LogP contribution in [-0.2, 0) is 0 Å². The lowest BCUT2D eigenvalue weighted by Crippen LogP contribution is -1.96. The van der Waals surface area contributed by atoms with E-state index in [0.29, 0.717) is 5.03 Å². The van der Waals surface area contributed by atoms with E-state index in [2.05, 4.69) is 15.0 Å². The third-order valence-corrected chi connectivity index (χ3v) is 2.87. The summed E-state index contributed by atoms with van der Waals surface area (Å²) in [5.41, 5.74) is -0.190. The molecule has 0 unspecified atom stereocenters. The molecule has 0 bridgehead atoms. The quantitative estimate of drug-likeness (QED) is 0.368. The Hall–Kier alpha value is -1.73. The summed E-state index contributed by atoms with van der Waals surface area (Å²) in [5, 5.41) is 11.5. The lowest BCUT2D eigenvalue weighted by molar-refractivity contribution is -0.388. The Morgan fingerprint density at radius 2 is 2.18 bits per heavy atom. The molecule has 2 rings (SSSR count). The standard InChI is InChI=1S/C9H5ClN4O2S/c10-9-12-5-6(14(15)16)8(13-9)17-7-3-1-2-4-11-7/h1-5H. The summed E-state index contributed by atoms with van der Waals surface area (Å²) in [4.78, 5) is 21.7. The second kappa shape index (κ2) is 5.07. The fourth-order valence-electron chi connectivity index (χ4n) is 1.05. The van der Waals surface area contributed by atoms with Crippen molar-refractivity contribution in [2.45, 2.75) is 10.1 Å². The molecule has 0 aliphatic carbocycles. The molecule has 0 saturated heterocycles. The molecular formula is C9H5ClN4O2S. The summed E-state index contributed by atoms with van der Waals surface area (Å²) in [6.45, 7) is 0. The minimum Gasteiger partial charge on any atom is -0.258 e. The van der Waals surface area contributed by atoms with Gasteiger partial charge >= 0.3 is 5.69 Å². The summed E-state index contributed by atoms with van der Waals surface area (Å²) in [6, 6.07) is 5.26. The molecule has 0 aliphatic rings. The van der Waals surface area contributed by atoms with Crippen molar-refractivity contribution < 1.29 is 4.92 Å². The molecule has 0 atom stereocenters. The molecule has 0 aromatic carbocycles. The van der Waals surface area contributed by atoms with Gasteiger partial charge in [0.05, 0.1) is 4.92 Å². The Labute approximate surface area is 105 Å². The zero-order chi connectivity index (χ0) is 12.3. The van der Waals surface area contributed by atoms with Gasteiger partial charge in [-0.15, -0.1) is 0 Å². The molecule has 86 valence electrons. The van der Waals surface area contributed by atoms with Gasteiger partial charge in [0.15, 0.2) is 5.03 Å². The SMILES string of the molecule is O=[N+]([O-])c1cnc(Cl)nc1Sc1ccccn1. The van der Waals surface area contributed by atoms with Crippen LogP contribution in [0, 0.1) is 10.1 Å². The van der Waals surface area contributed by atoms with Crippen LogP contribution < -0.4 is 0 Å². The maximum Gasteiger partial charge on any atom is 0.320 e. The Bertz CT molecular complexity index is 552. The van der Waals surface area contributed by atoms with Crippen molar-refractivity contribution in [3.05, 3.63) is 46.0 Å². The van der Waals surface area contributed by atoms with Gasteiger partial charge in [0, 0.05) is 6.20 Å². The molecule has 0 radical (unpaired) electrons. The average Bonchev–Trinajstić information content (AvgIpc) is 2.30. The summed E-state index contributed by atoms with van der Waals surface area (Å²) in [5.74, 6) is 0. The van der Waals surface area contributed by atoms with Crippen LogP contribution in [0.15, 0.2) is 40.6 Å². The maximum absolute atomic E-state index is 10.8. The smallest absolute Gasteiger partial charge is 0.258 e. The first-order chi connectivity index (χ1) is 8.16. The van der Waals surface area contributed by atoms with Crippen LogP contribution in [0.3, 0.4) is 0 Å². The van der Waals surface area contributed by atoms with Crippen LogP contribution in [0.1, 0.15) is 0 Å². The number of pyridine rings is 1. The Balaban J connectivity index is 2.37. The normalized spacial score (nSPS) is 10.2. The summed E-state index contributed by atoms with van der Waals surface area (Å²) in [7, 11) is 0. The van der Waals surface area contributed by atoms with Crippen LogP contribution in [0.2, 0.25) is 5.28 Å². The van der Waals surface area contributed by atoms with Gasteiger partial charge in [0.25, 0.3) is 0 Å². The molecular weight excluding hydrogens is 264 g/mol. The van der Waals surface area contributed by atoms with E-state index >= 15 is 0 Å². The van der Waals surface area contributed by atoms with Crippen molar-refractivity contribution in [2.24, 2.45) is 0 Å². The van der Waals surface area contributed by atoms with Crippen molar-refractivity contribution in [3.63, 3.8) is 0 Å². The number of rotatable bonds is 3. The molecule has 8 heteroatoms. The lowest BCUT2D eigenvalue weighted by atomic mass is 10.5. The second-order valence-electron chi connectivity index (χ2n) is 2.86. The minimum absolute atomic E-state index is 0.0333. The highest BCUT2D eigenvalue weighted by molar-refractivity contribution is 7.99. The second-order valence-corrected chi connectivity index (χ2v) is 4.20. The number of hydrogen-bond acceptors (Lipinski definition) is 6. The highest BCUT2D eigenvalue weighted by Crippen LogP contribution is 2.31. The molecule has 0 saturated carbocycles. The van der Waals surface area contributed by atoms with Gasteiger partial charge in [-0.1, -0.05) is 6.07 Å². The van der Waals surface area contributed by atoms with E-state index in [4.69, 9.17) is 11.6 Å². The van der Waals surface area contributed by atoms with Crippen molar-refractivity contribution in [1.82, 2.24) is 15.0 Å². The highest BCUT2D eigenvalue weighted by atomic mass is 35.5. The molecule has 0 aliphatic heterocycles. The maximum atomic E-state index is 10.8. The third-order valence-electron chi connectivity index (χ3n) is 1.74. The van der Waals surface area contributed by atoms with Gasteiger partial charge in [-0.3, -0.25) is 10.1 Å². The average molecular weight is 269 g/mol. The molecule has 2 aromatic heterocycles. The molecule has 0 amide bonds. The molecule has 6 nitrogen and oxygen atoms in total. The highest BCUT2D eigenvalue weighted by Gasteiger charge is 2.18. The predicted molar refractivity (Wildman–Crippen MR) is 62.1 cm³/mol. The Kier molecular flexibility index (Phi) is 3.50. The molecule has 2 aromatic rings. The van der Waals surface area contributed by atoms with E-state index in [9.17, 15) is 10.1 Å². The lowest BCUT2D eigenvalue weighted by Gasteiger charge is -2.00. The summed E-state index contributed by atoms with van der Waals surface area (Å²) < 4.78 is 0. The van der Waals surface area contributed by atoms with Crippen LogP contribution in [-0.4, -0.2) is 19.9 Å². The Morgan fingerprint density at radius 1 is 1.35 bits per heavy atom. The van der Waals surface area contributed by atoms with E-state index in [1.807, 2.05) is 0 Å². The number of halogens is 1. The van der Waals surface area contributed by atoms with Gasteiger partial charge < -0.3 is 0 Å². The first kappa shape index (κ1) is 11.7. The van der Waals surface area contributed by atoms with Crippen LogP contribution >= 0.6 is 23.4 Å². The predicted octanol–water partition coefficient (Wildman–Crippen LogP) is 2.58. The molecule has 0 N–H and O–H groups in total. The van der Waals surface area contributed by atoms with E-state index < -0.39 is 4.92 Å². The number of aromatic nitrogens is 3. The van der Waals surface area contributed by atoms with Crippen LogP contribution in [0.4, 0.5) is 5.69 Å². The Morgan fingerprint density at radius 3 is 2.82 bits per heavy atom. The van der Waals surface area contributed by atoms with Gasteiger partial charge in [0.2, 0.25) is 5.28 Å². The first-order valence-corrected chi connectivity index (χ1v) is 5.62. The monoisotopic (exact) mass is 268 g/mol. The van der Waals surface area contributed by atoms with E-state index in [-0.39, 0.29) is 16.0 Å². The third kappa shape index (κ3) is 2.89. The topological polar surface area (TPSA) is 81.8 Å². The number of nitro groups is 1. The molecule has 0 spiro atoms. The van der Waals surface area contributed by atoms with Gasteiger partial charge in [-0.25, -0.2) is 15.0 Å². The van der Waals surface area contributed by atoms with Crippen molar-refractivity contribution in [3.8, 4) is 0 Å². The largest absolute Gasteiger partial charge is 0.320 e. The van der Waals surface area contributed by atoms with Gasteiger partial charge in [0.1, 0.15) is 11.2 Å². The van der Waals surface area contributed by atoms with Gasteiger partial charge in [-0.2, -0.15) is 0 Å². The zero-order valence-corrected chi connectivity index (χ0v) is 9.85. The number of nitrogens with zero attached hydrogens (tertiary/aromatic N) is 4. The van der Waals surface area contributed by atoms with Crippen LogP contribution in [0.25, 0.3) is 0 Å². The van der Waals surface area contributed by atoms with E-state index in [1.165, 1.54) is 0 Å². The van der Waals surface area contributed by atoms with Crippen LogP contribution in [0.5, 0.6) is 0 Å². The molecule has 17 heavy (non-hydrogen) atoms. The van der Waals surface area contributed by atoms with Crippen molar-refractivity contribution in [2.75, 3.05) is 0 Å². The fraction of sp³-hybridized carbons (Fsp3) is 0. The first-order valence-electron chi connectivity index (χ1n) is 4.42. The molecule has 0 fully saturated rings. The fourth-order valence-corrected chi connectivity index (χ4v) is 2.05. The van der Waals surface area contributed by atoms with Crippen molar-refractivity contribution in [1.29, 1.82) is 0 Å². The van der Waals surface area contributed by atoms with E-state index in [1.54, 1.807) is 24.4 Å². The molecule has 2 heterocycles.